The van der Waals surface area contributed by atoms with Crippen LogP contribution in [-0.2, 0) is 6.54 Å². The molecule has 21 heavy (non-hydrogen) atoms. The van der Waals surface area contributed by atoms with Gasteiger partial charge < -0.3 is 5.73 Å². The van der Waals surface area contributed by atoms with Crippen molar-refractivity contribution in [1.29, 1.82) is 0 Å². The van der Waals surface area contributed by atoms with Gasteiger partial charge in [-0.1, -0.05) is 42.3 Å². The summed E-state index contributed by atoms with van der Waals surface area (Å²) in [7, 11) is 0. The molecular weight excluding hydrogens is 258 g/mol. The van der Waals surface area contributed by atoms with E-state index in [4.69, 9.17) is 5.73 Å². The standard InChI is InChI=1S/C18H25N3/c1-4-21(12-17-7-5-6-8-20-17)13-18(19)16-10-14(2)9-15(3)11-16/h5-11,18H,4,12-13,19H2,1-3H3. The minimum Gasteiger partial charge on any atom is -0.323 e. The maximum absolute atomic E-state index is 6.40. The van der Waals surface area contributed by atoms with Gasteiger partial charge >= 0.3 is 0 Å². The maximum Gasteiger partial charge on any atom is 0.0543 e. The van der Waals surface area contributed by atoms with E-state index in [2.05, 4.69) is 54.9 Å². The summed E-state index contributed by atoms with van der Waals surface area (Å²) in [5, 5.41) is 0. The van der Waals surface area contributed by atoms with E-state index in [1.807, 2.05) is 18.3 Å². The third-order valence-electron chi connectivity index (χ3n) is 3.69. The Labute approximate surface area is 127 Å². The number of aryl methyl sites for hydroxylation is 2. The quantitative estimate of drug-likeness (QED) is 0.885. The molecule has 3 heteroatoms. The smallest absolute Gasteiger partial charge is 0.0543 e. The van der Waals surface area contributed by atoms with Crippen LogP contribution in [-0.4, -0.2) is 23.0 Å². The van der Waals surface area contributed by atoms with E-state index in [0.29, 0.717) is 0 Å². The van der Waals surface area contributed by atoms with Gasteiger partial charge in [-0.25, -0.2) is 0 Å². The number of nitrogens with zero attached hydrogens (tertiary/aromatic N) is 2. The molecule has 0 amide bonds. The Bertz CT molecular complexity index is 546. The molecule has 2 rings (SSSR count). The predicted octanol–water partition coefficient (Wildman–Crippen LogP) is 3.22. The zero-order valence-electron chi connectivity index (χ0n) is 13.2. The Balaban J connectivity index is 2.03. The first-order valence-electron chi connectivity index (χ1n) is 7.54. The van der Waals surface area contributed by atoms with Crippen LogP contribution in [0.1, 0.15) is 35.3 Å². The molecule has 0 fully saturated rings. The lowest BCUT2D eigenvalue weighted by atomic mass is 10.0. The van der Waals surface area contributed by atoms with E-state index < -0.39 is 0 Å². The second-order valence-corrected chi connectivity index (χ2v) is 5.68. The van der Waals surface area contributed by atoms with Crippen molar-refractivity contribution in [3.63, 3.8) is 0 Å². The van der Waals surface area contributed by atoms with Gasteiger partial charge in [0.1, 0.15) is 0 Å². The molecule has 1 heterocycles. The second-order valence-electron chi connectivity index (χ2n) is 5.68. The van der Waals surface area contributed by atoms with Crippen LogP contribution in [0.25, 0.3) is 0 Å². The van der Waals surface area contributed by atoms with Crippen molar-refractivity contribution in [2.75, 3.05) is 13.1 Å². The summed E-state index contributed by atoms with van der Waals surface area (Å²) in [6.07, 6.45) is 1.84. The normalized spacial score (nSPS) is 12.6. The van der Waals surface area contributed by atoms with Gasteiger partial charge in [-0.05, 0) is 38.1 Å². The molecule has 1 unspecified atom stereocenters. The number of aromatic nitrogens is 1. The van der Waals surface area contributed by atoms with Crippen LogP contribution in [0.4, 0.5) is 0 Å². The molecule has 1 aromatic carbocycles. The molecule has 3 nitrogen and oxygen atoms in total. The third-order valence-corrected chi connectivity index (χ3v) is 3.69. The van der Waals surface area contributed by atoms with E-state index >= 15 is 0 Å². The molecule has 0 aliphatic carbocycles. The summed E-state index contributed by atoms with van der Waals surface area (Å²) in [5.74, 6) is 0. The van der Waals surface area contributed by atoms with Gasteiger partial charge in [-0.2, -0.15) is 0 Å². The molecule has 112 valence electrons. The van der Waals surface area contributed by atoms with Gasteiger partial charge in [0.25, 0.3) is 0 Å². The highest BCUT2D eigenvalue weighted by Gasteiger charge is 2.12. The summed E-state index contributed by atoms with van der Waals surface area (Å²) in [6.45, 7) is 9.06. The molecule has 0 aliphatic rings. The molecule has 1 aromatic heterocycles. The first-order chi connectivity index (χ1) is 10.1. The molecule has 0 aliphatic heterocycles. The number of benzene rings is 1. The number of rotatable bonds is 6. The van der Waals surface area contributed by atoms with E-state index in [1.54, 1.807) is 0 Å². The highest BCUT2D eigenvalue weighted by atomic mass is 15.1. The first kappa shape index (κ1) is 15.7. The van der Waals surface area contributed by atoms with Crippen molar-refractivity contribution < 1.29 is 0 Å². The van der Waals surface area contributed by atoms with Crippen molar-refractivity contribution in [3.05, 3.63) is 65.0 Å². The Kier molecular flexibility index (Phi) is 5.48. The van der Waals surface area contributed by atoms with Crippen molar-refractivity contribution in [3.8, 4) is 0 Å². The number of pyridine rings is 1. The molecule has 0 spiro atoms. The lowest BCUT2D eigenvalue weighted by Gasteiger charge is -2.24. The summed E-state index contributed by atoms with van der Waals surface area (Å²) >= 11 is 0. The maximum atomic E-state index is 6.40. The van der Waals surface area contributed by atoms with Gasteiger partial charge in [0.2, 0.25) is 0 Å². The average Bonchev–Trinajstić information content (AvgIpc) is 2.46. The van der Waals surface area contributed by atoms with Gasteiger partial charge in [0, 0.05) is 25.3 Å². The zero-order chi connectivity index (χ0) is 15.2. The molecule has 2 N–H and O–H groups in total. The fraction of sp³-hybridized carbons (Fsp3) is 0.389. The molecule has 0 saturated carbocycles. The monoisotopic (exact) mass is 283 g/mol. The largest absolute Gasteiger partial charge is 0.323 e. The topological polar surface area (TPSA) is 42.2 Å². The van der Waals surface area contributed by atoms with Crippen LogP contribution >= 0.6 is 0 Å². The molecule has 0 saturated heterocycles. The van der Waals surface area contributed by atoms with Crippen LogP contribution in [0.2, 0.25) is 0 Å². The highest BCUT2D eigenvalue weighted by Crippen LogP contribution is 2.17. The first-order valence-corrected chi connectivity index (χ1v) is 7.54. The zero-order valence-corrected chi connectivity index (χ0v) is 13.2. The van der Waals surface area contributed by atoms with Crippen molar-refractivity contribution in [2.45, 2.75) is 33.4 Å². The number of nitrogens with two attached hydrogens (primary N) is 1. The highest BCUT2D eigenvalue weighted by molar-refractivity contribution is 5.30. The lowest BCUT2D eigenvalue weighted by molar-refractivity contribution is 0.259. The van der Waals surface area contributed by atoms with Gasteiger partial charge in [0.05, 0.1) is 5.69 Å². The van der Waals surface area contributed by atoms with E-state index in [-0.39, 0.29) is 6.04 Å². The minimum atomic E-state index is 0.0345. The minimum absolute atomic E-state index is 0.0345. The van der Waals surface area contributed by atoms with Gasteiger partial charge in [0.15, 0.2) is 0 Å². The fourth-order valence-corrected chi connectivity index (χ4v) is 2.63. The summed E-state index contributed by atoms with van der Waals surface area (Å²) in [4.78, 5) is 6.73. The van der Waals surface area contributed by atoms with Crippen LogP contribution in [0, 0.1) is 13.8 Å². The van der Waals surface area contributed by atoms with Crippen LogP contribution in [0.15, 0.2) is 42.6 Å². The summed E-state index contributed by atoms with van der Waals surface area (Å²) in [6, 6.07) is 12.6. The SMILES string of the molecule is CCN(Cc1ccccn1)CC(N)c1cc(C)cc(C)c1. The Morgan fingerprint density at radius 1 is 1.14 bits per heavy atom. The van der Waals surface area contributed by atoms with Crippen LogP contribution in [0.3, 0.4) is 0 Å². The molecule has 1 atom stereocenters. The third kappa shape index (κ3) is 4.66. The predicted molar refractivity (Wildman–Crippen MR) is 88.0 cm³/mol. The van der Waals surface area contributed by atoms with Crippen LogP contribution in [0.5, 0.6) is 0 Å². The van der Waals surface area contributed by atoms with Gasteiger partial charge in [-0.15, -0.1) is 0 Å². The molecule has 0 bridgehead atoms. The Hall–Kier alpha value is -1.71. The average molecular weight is 283 g/mol. The fourth-order valence-electron chi connectivity index (χ4n) is 2.63. The van der Waals surface area contributed by atoms with Gasteiger partial charge in [-0.3, -0.25) is 9.88 Å². The number of hydrogen-bond donors (Lipinski definition) is 1. The number of likely N-dealkylation sites (N-methyl/N-ethyl adjacent to an activating group) is 1. The summed E-state index contributed by atoms with van der Waals surface area (Å²) in [5.41, 5.74) is 11.2. The van der Waals surface area contributed by atoms with Crippen molar-refractivity contribution >= 4 is 0 Å². The lowest BCUT2D eigenvalue weighted by Crippen LogP contribution is -2.32. The van der Waals surface area contributed by atoms with Crippen LogP contribution < -0.4 is 5.73 Å². The van der Waals surface area contributed by atoms with E-state index in [9.17, 15) is 0 Å². The van der Waals surface area contributed by atoms with E-state index in [0.717, 1.165) is 25.3 Å². The Morgan fingerprint density at radius 2 is 1.86 bits per heavy atom. The Morgan fingerprint density at radius 3 is 2.43 bits per heavy atom. The summed E-state index contributed by atoms with van der Waals surface area (Å²) < 4.78 is 0. The number of hydrogen-bond acceptors (Lipinski definition) is 3. The molecular formula is C18H25N3. The van der Waals surface area contributed by atoms with Crippen molar-refractivity contribution in [1.82, 2.24) is 9.88 Å². The molecule has 2 aromatic rings. The molecule has 0 radical (unpaired) electrons. The van der Waals surface area contributed by atoms with Crippen molar-refractivity contribution in [2.24, 2.45) is 5.73 Å². The second kappa shape index (κ2) is 7.34. The van der Waals surface area contributed by atoms with E-state index in [1.165, 1.54) is 16.7 Å².